The van der Waals surface area contributed by atoms with Gasteiger partial charge in [0.1, 0.15) is 0 Å². The van der Waals surface area contributed by atoms with E-state index < -0.39 is 17.3 Å². The molecular formula is C7H8N2O4. The topological polar surface area (TPSA) is 70.3 Å². The van der Waals surface area contributed by atoms with Crippen molar-refractivity contribution >= 4 is 6.09 Å². The van der Waals surface area contributed by atoms with E-state index in [1.165, 1.54) is 13.2 Å². The van der Waals surface area contributed by atoms with Crippen LogP contribution in [0.25, 0.3) is 0 Å². The molecule has 0 saturated carbocycles. The maximum Gasteiger partial charge on any atom is 0.425 e. The van der Waals surface area contributed by atoms with Crippen molar-refractivity contribution in [3.63, 3.8) is 0 Å². The maximum absolute atomic E-state index is 11.2. The number of carbonyl (C=O) groups is 1. The molecule has 1 aromatic heterocycles. The molecule has 1 rings (SSSR count). The van der Waals surface area contributed by atoms with E-state index >= 15 is 0 Å². The van der Waals surface area contributed by atoms with Crippen LogP contribution in [0.3, 0.4) is 0 Å². The number of hydrogen-bond donors (Lipinski definition) is 0. The van der Waals surface area contributed by atoms with E-state index in [2.05, 4.69) is 4.74 Å². The first-order chi connectivity index (χ1) is 6.07. The van der Waals surface area contributed by atoms with Gasteiger partial charge in [-0.15, -0.1) is 0 Å². The van der Waals surface area contributed by atoms with Crippen LogP contribution in [0.1, 0.15) is 0 Å². The van der Waals surface area contributed by atoms with E-state index in [1.807, 2.05) is 0 Å². The number of aryl methyl sites for hydroxylation is 1. The molecule has 6 heteroatoms. The summed E-state index contributed by atoms with van der Waals surface area (Å²) >= 11 is 0. The number of hydrogen-bond acceptors (Lipinski definition) is 4. The maximum atomic E-state index is 11.2. The molecule has 0 aromatic carbocycles. The highest BCUT2D eigenvalue weighted by molar-refractivity contribution is 5.69. The highest BCUT2D eigenvalue weighted by Crippen LogP contribution is 1.77. The number of rotatable bonds is 0. The standard InChI is InChI=1S/C7H8N2O4/c1-8-4-3-5(10)9(6(8)11)7(12)13-2/h3-4H,1-2H3. The van der Waals surface area contributed by atoms with Gasteiger partial charge in [0.05, 0.1) is 7.11 Å². The van der Waals surface area contributed by atoms with E-state index in [0.717, 1.165) is 17.7 Å². The fourth-order valence-corrected chi connectivity index (χ4v) is 0.825. The Labute approximate surface area is 73.0 Å². The molecule has 0 saturated heterocycles. The Kier molecular flexibility index (Phi) is 2.32. The van der Waals surface area contributed by atoms with Crippen molar-refractivity contribution in [2.45, 2.75) is 0 Å². The van der Waals surface area contributed by atoms with E-state index in [1.54, 1.807) is 0 Å². The predicted octanol–water partition coefficient (Wildman–Crippen LogP) is -0.839. The van der Waals surface area contributed by atoms with Crippen LogP contribution in [-0.2, 0) is 11.8 Å². The van der Waals surface area contributed by atoms with Gasteiger partial charge in [0.15, 0.2) is 0 Å². The molecule has 0 spiro atoms. The van der Waals surface area contributed by atoms with Crippen LogP contribution in [0, 0.1) is 0 Å². The van der Waals surface area contributed by atoms with Gasteiger partial charge < -0.3 is 9.30 Å². The van der Waals surface area contributed by atoms with Crippen LogP contribution in [-0.4, -0.2) is 22.3 Å². The van der Waals surface area contributed by atoms with Crippen molar-refractivity contribution in [3.8, 4) is 0 Å². The van der Waals surface area contributed by atoms with E-state index in [9.17, 15) is 14.4 Å². The first-order valence-electron chi connectivity index (χ1n) is 3.45. The predicted molar refractivity (Wildman–Crippen MR) is 43.7 cm³/mol. The number of methoxy groups -OCH3 is 1. The third-order valence-electron chi connectivity index (χ3n) is 1.51. The van der Waals surface area contributed by atoms with Crippen molar-refractivity contribution in [1.82, 2.24) is 9.13 Å². The van der Waals surface area contributed by atoms with Crippen LogP contribution in [0.4, 0.5) is 4.79 Å². The van der Waals surface area contributed by atoms with Gasteiger partial charge >= 0.3 is 11.8 Å². The lowest BCUT2D eigenvalue weighted by Crippen LogP contribution is -2.42. The highest BCUT2D eigenvalue weighted by Gasteiger charge is 2.10. The molecule has 0 fully saturated rings. The molecule has 0 amide bonds. The summed E-state index contributed by atoms with van der Waals surface area (Å²) in [5, 5.41) is 0. The average molecular weight is 184 g/mol. The Balaban J connectivity index is 3.52. The largest absolute Gasteiger partial charge is 0.452 e. The molecule has 1 heterocycles. The fourth-order valence-electron chi connectivity index (χ4n) is 0.825. The van der Waals surface area contributed by atoms with Crippen LogP contribution in [0.2, 0.25) is 0 Å². The van der Waals surface area contributed by atoms with Gasteiger partial charge in [-0.05, 0) is 0 Å². The molecule has 0 radical (unpaired) electrons. The normalized spacial score (nSPS) is 9.69. The molecule has 6 nitrogen and oxygen atoms in total. The number of carbonyl (C=O) groups excluding carboxylic acids is 1. The molecular weight excluding hydrogens is 176 g/mol. The van der Waals surface area contributed by atoms with Crippen LogP contribution >= 0.6 is 0 Å². The lowest BCUT2D eigenvalue weighted by atomic mass is 10.6. The molecule has 70 valence electrons. The van der Waals surface area contributed by atoms with Gasteiger partial charge in [0.2, 0.25) is 0 Å². The summed E-state index contributed by atoms with van der Waals surface area (Å²) < 4.78 is 5.79. The Morgan fingerprint density at radius 1 is 1.46 bits per heavy atom. The van der Waals surface area contributed by atoms with Gasteiger partial charge in [0, 0.05) is 19.3 Å². The first-order valence-corrected chi connectivity index (χ1v) is 3.45. The minimum Gasteiger partial charge on any atom is -0.452 e. The smallest absolute Gasteiger partial charge is 0.425 e. The molecule has 0 aliphatic carbocycles. The van der Waals surface area contributed by atoms with E-state index in [4.69, 9.17) is 0 Å². The third-order valence-corrected chi connectivity index (χ3v) is 1.51. The molecule has 0 N–H and O–H groups in total. The van der Waals surface area contributed by atoms with E-state index in [-0.39, 0.29) is 0 Å². The van der Waals surface area contributed by atoms with Gasteiger partial charge in [-0.1, -0.05) is 0 Å². The molecule has 0 bridgehead atoms. The van der Waals surface area contributed by atoms with Gasteiger partial charge in [-0.3, -0.25) is 4.79 Å². The number of ether oxygens (including phenoxy) is 1. The second-order valence-electron chi connectivity index (χ2n) is 2.35. The van der Waals surface area contributed by atoms with Crippen molar-refractivity contribution in [2.24, 2.45) is 7.05 Å². The summed E-state index contributed by atoms with van der Waals surface area (Å²) in [5.41, 5.74) is -1.42. The molecule has 0 aliphatic rings. The molecule has 0 aliphatic heterocycles. The Morgan fingerprint density at radius 2 is 2.08 bits per heavy atom. The SMILES string of the molecule is COC(=O)n1c(=O)ccn(C)c1=O. The Hall–Kier alpha value is -1.85. The molecule has 0 unspecified atom stereocenters. The average Bonchev–Trinajstić information content (AvgIpc) is 2.12. The van der Waals surface area contributed by atoms with Crippen LogP contribution in [0.5, 0.6) is 0 Å². The zero-order valence-electron chi connectivity index (χ0n) is 7.18. The minimum absolute atomic E-state index is 0.417. The molecule has 13 heavy (non-hydrogen) atoms. The monoisotopic (exact) mass is 184 g/mol. The van der Waals surface area contributed by atoms with Gasteiger partial charge in [-0.25, -0.2) is 9.59 Å². The van der Waals surface area contributed by atoms with Crippen molar-refractivity contribution in [2.75, 3.05) is 7.11 Å². The second kappa shape index (κ2) is 3.26. The lowest BCUT2D eigenvalue weighted by Gasteiger charge is -2.02. The van der Waals surface area contributed by atoms with Gasteiger partial charge in [0.25, 0.3) is 5.56 Å². The second-order valence-corrected chi connectivity index (χ2v) is 2.35. The summed E-state index contributed by atoms with van der Waals surface area (Å²) in [7, 11) is 2.53. The summed E-state index contributed by atoms with van der Waals surface area (Å²) in [6.45, 7) is 0. The van der Waals surface area contributed by atoms with Crippen LogP contribution in [0.15, 0.2) is 21.9 Å². The van der Waals surface area contributed by atoms with Crippen LogP contribution < -0.4 is 11.2 Å². The summed E-state index contributed by atoms with van der Waals surface area (Å²) in [5.74, 6) is 0. The van der Waals surface area contributed by atoms with E-state index in [0.29, 0.717) is 4.57 Å². The first kappa shape index (κ1) is 9.24. The van der Waals surface area contributed by atoms with Crippen molar-refractivity contribution < 1.29 is 9.53 Å². The summed E-state index contributed by atoms with van der Waals surface area (Å²) in [4.78, 5) is 33.2. The quantitative estimate of drug-likeness (QED) is 0.527. The van der Waals surface area contributed by atoms with Crippen molar-refractivity contribution in [1.29, 1.82) is 0 Å². The third kappa shape index (κ3) is 1.51. The Morgan fingerprint density at radius 3 is 2.62 bits per heavy atom. The fraction of sp³-hybridized carbons (Fsp3) is 0.286. The van der Waals surface area contributed by atoms with Crippen molar-refractivity contribution in [3.05, 3.63) is 33.1 Å². The number of nitrogens with zero attached hydrogens (tertiary/aromatic N) is 2. The lowest BCUT2D eigenvalue weighted by molar-refractivity contribution is 0.170. The molecule has 1 aromatic rings. The van der Waals surface area contributed by atoms with Gasteiger partial charge in [-0.2, -0.15) is 4.57 Å². The number of aromatic nitrogens is 2. The summed E-state index contributed by atoms with van der Waals surface area (Å²) in [6.07, 6.45) is 0.301. The zero-order chi connectivity index (χ0) is 10.0. The zero-order valence-corrected chi connectivity index (χ0v) is 7.18. The Bertz CT molecular complexity index is 443. The minimum atomic E-state index is -0.980. The summed E-state index contributed by atoms with van der Waals surface area (Å²) in [6, 6.07) is 1.11. The highest BCUT2D eigenvalue weighted by atomic mass is 16.5. The molecule has 0 atom stereocenters.